The van der Waals surface area contributed by atoms with Crippen LogP contribution in [0.2, 0.25) is 5.02 Å². The topological polar surface area (TPSA) is 63.3 Å². The Balaban J connectivity index is 1.97. The Kier molecular flexibility index (Phi) is 4.50. The number of rotatable bonds is 3. The molecule has 0 aliphatic carbocycles. The highest BCUT2D eigenvalue weighted by Crippen LogP contribution is 2.25. The van der Waals surface area contributed by atoms with E-state index in [0.717, 1.165) is 21.6 Å². The molecule has 1 aromatic heterocycles. The normalized spacial score (nSPS) is 12.9. The Morgan fingerprint density at radius 2 is 2.20 bits per heavy atom. The molecular weight excluding hydrogens is 292 g/mol. The Morgan fingerprint density at radius 3 is 2.90 bits per heavy atom. The third kappa shape index (κ3) is 4.35. The maximum Gasteiger partial charge on any atom is 0.188 e. The minimum Gasteiger partial charge on any atom is -0.370 e. The molecule has 0 aliphatic heterocycles. The van der Waals surface area contributed by atoms with Crippen LogP contribution in [0.5, 0.6) is 0 Å². The Labute approximate surface area is 128 Å². The van der Waals surface area contributed by atoms with Gasteiger partial charge in [0, 0.05) is 23.5 Å². The van der Waals surface area contributed by atoms with Crippen LogP contribution in [0, 0.1) is 0 Å². The number of nitrogens with zero attached hydrogens (tertiary/aromatic N) is 2. The maximum atomic E-state index is 5.95. The van der Waals surface area contributed by atoms with Crippen molar-refractivity contribution in [2.45, 2.75) is 32.7 Å². The summed E-state index contributed by atoms with van der Waals surface area (Å²) in [5.74, 6) is 0.474. The predicted octanol–water partition coefficient (Wildman–Crippen LogP) is 3.20. The zero-order valence-electron chi connectivity index (χ0n) is 11.9. The molecule has 0 radical (unpaired) electrons. The van der Waals surface area contributed by atoms with Crippen molar-refractivity contribution < 1.29 is 0 Å². The molecule has 6 heteroatoms. The van der Waals surface area contributed by atoms with Gasteiger partial charge in [-0.3, -0.25) is 4.99 Å². The maximum absolute atomic E-state index is 5.95. The van der Waals surface area contributed by atoms with E-state index in [1.54, 1.807) is 11.3 Å². The molecule has 0 aliphatic rings. The quantitative estimate of drug-likeness (QED) is 0.676. The molecule has 0 unspecified atom stereocenters. The highest BCUT2D eigenvalue weighted by molar-refractivity contribution is 7.18. The third-order valence-electron chi connectivity index (χ3n) is 2.50. The molecule has 0 atom stereocenters. The lowest BCUT2D eigenvalue weighted by molar-refractivity contribution is 0.508. The van der Waals surface area contributed by atoms with Gasteiger partial charge in [-0.25, -0.2) is 4.98 Å². The van der Waals surface area contributed by atoms with Gasteiger partial charge < -0.3 is 11.1 Å². The van der Waals surface area contributed by atoms with Crippen molar-refractivity contribution in [3.05, 3.63) is 28.2 Å². The number of halogens is 1. The first kappa shape index (κ1) is 15.1. The molecule has 0 saturated carbocycles. The van der Waals surface area contributed by atoms with Crippen LogP contribution in [-0.2, 0) is 6.42 Å². The highest BCUT2D eigenvalue weighted by Gasteiger charge is 2.09. The minimum atomic E-state index is -0.0693. The largest absolute Gasteiger partial charge is 0.370 e. The van der Waals surface area contributed by atoms with E-state index in [1.165, 1.54) is 0 Å². The zero-order chi connectivity index (χ0) is 14.8. The van der Waals surface area contributed by atoms with Crippen molar-refractivity contribution in [2.24, 2.45) is 10.7 Å². The van der Waals surface area contributed by atoms with Crippen molar-refractivity contribution in [2.75, 3.05) is 6.54 Å². The first-order valence-corrected chi connectivity index (χ1v) is 7.66. The zero-order valence-corrected chi connectivity index (χ0v) is 13.5. The van der Waals surface area contributed by atoms with Crippen LogP contribution in [0.4, 0.5) is 0 Å². The summed E-state index contributed by atoms with van der Waals surface area (Å²) in [5.41, 5.74) is 6.70. The molecule has 2 rings (SSSR count). The summed E-state index contributed by atoms with van der Waals surface area (Å²) in [4.78, 5) is 8.87. The Morgan fingerprint density at radius 1 is 1.45 bits per heavy atom. The number of fused-ring (bicyclic) bond motifs is 1. The van der Waals surface area contributed by atoms with E-state index < -0.39 is 0 Å². The van der Waals surface area contributed by atoms with E-state index in [9.17, 15) is 0 Å². The molecule has 1 heterocycles. The number of aliphatic imine (C=N–C) groups is 1. The van der Waals surface area contributed by atoms with Crippen LogP contribution in [0.15, 0.2) is 23.2 Å². The number of guanidine groups is 1. The van der Waals surface area contributed by atoms with E-state index in [4.69, 9.17) is 17.3 Å². The fourth-order valence-corrected chi connectivity index (χ4v) is 2.85. The van der Waals surface area contributed by atoms with Gasteiger partial charge in [0.05, 0.1) is 15.2 Å². The molecule has 0 saturated heterocycles. The van der Waals surface area contributed by atoms with Gasteiger partial charge in [-0.2, -0.15) is 0 Å². The third-order valence-corrected chi connectivity index (χ3v) is 3.84. The number of hydrogen-bond donors (Lipinski definition) is 2. The molecular formula is C14H19ClN4S. The van der Waals surface area contributed by atoms with Gasteiger partial charge in [-0.1, -0.05) is 11.6 Å². The second-order valence-corrected chi connectivity index (χ2v) is 7.16. The minimum absolute atomic E-state index is 0.0693. The van der Waals surface area contributed by atoms with Crippen molar-refractivity contribution in [3.63, 3.8) is 0 Å². The van der Waals surface area contributed by atoms with Crippen molar-refractivity contribution in [3.8, 4) is 0 Å². The lowest BCUT2D eigenvalue weighted by Gasteiger charge is -2.20. The van der Waals surface area contributed by atoms with Gasteiger partial charge in [-0.05, 0) is 39.0 Å². The van der Waals surface area contributed by atoms with E-state index in [-0.39, 0.29) is 5.54 Å². The van der Waals surface area contributed by atoms with Crippen molar-refractivity contribution in [1.82, 2.24) is 10.3 Å². The van der Waals surface area contributed by atoms with Gasteiger partial charge in [0.25, 0.3) is 0 Å². The van der Waals surface area contributed by atoms with E-state index in [1.807, 2.05) is 39.0 Å². The van der Waals surface area contributed by atoms with Crippen molar-refractivity contribution in [1.29, 1.82) is 0 Å². The van der Waals surface area contributed by atoms with Gasteiger partial charge >= 0.3 is 0 Å². The summed E-state index contributed by atoms with van der Waals surface area (Å²) >= 11 is 7.62. The van der Waals surface area contributed by atoms with Crippen LogP contribution in [0.25, 0.3) is 10.2 Å². The van der Waals surface area contributed by atoms with Gasteiger partial charge in [0.2, 0.25) is 0 Å². The number of nitrogens with one attached hydrogen (secondary N) is 1. The van der Waals surface area contributed by atoms with Gasteiger partial charge in [-0.15, -0.1) is 11.3 Å². The molecule has 2 aromatic rings. The average molecular weight is 311 g/mol. The summed E-state index contributed by atoms with van der Waals surface area (Å²) in [6, 6.07) is 5.77. The number of thiazole rings is 1. The first-order valence-electron chi connectivity index (χ1n) is 6.46. The smallest absolute Gasteiger partial charge is 0.188 e. The number of aromatic nitrogens is 1. The lowest BCUT2D eigenvalue weighted by atomic mass is 10.1. The summed E-state index contributed by atoms with van der Waals surface area (Å²) < 4.78 is 1.15. The van der Waals surface area contributed by atoms with E-state index in [0.29, 0.717) is 17.5 Å². The molecule has 4 nitrogen and oxygen atoms in total. The average Bonchev–Trinajstić information content (AvgIpc) is 2.68. The predicted molar refractivity (Wildman–Crippen MR) is 87.7 cm³/mol. The Hall–Kier alpha value is -1.33. The molecule has 108 valence electrons. The van der Waals surface area contributed by atoms with Crippen molar-refractivity contribution >= 4 is 39.1 Å². The first-order chi connectivity index (χ1) is 9.33. The van der Waals surface area contributed by atoms with Gasteiger partial charge in [0.15, 0.2) is 5.96 Å². The van der Waals surface area contributed by atoms with Crippen LogP contribution in [0.1, 0.15) is 25.8 Å². The lowest BCUT2D eigenvalue weighted by Crippen LogP contribution is -2.45. The fourth-order valence-electron chi connectivity index (χ4n) is 1.75. The number of nitrogens with two attached hydrogens (primary N) is 1. The van der Waals surface area contributed by atoms with Gasteiger partial charge in [0.1, 0.15) is 0 Å². The number of benzene rings is 1. The SMILES string of the molecule is CC(C)(C)NC(N)=NCCc1nc2cc(Cl)ccc2s1. The Bertz CT molecular complexity index is 628. The molecule has 1 aromatic carbocycles. The monoisotopic (exact) mass is 310 g/mol. The molecule has 0 amide bonds. The molecule has 0 spiro atoms. The standard InChI is InChI=1S/C14H19ClN4S/c1-14(2,3)19-13(16)17-7-6-12-18-10-8-9(15)4-5-11(10)20-12/h4-5,8H,6-7H2,1-3H3,(H3,16,17,19). The highest BCUT2D eigenvalue weighted by atomic mass is 35.5. The fraction of sp³-hybridized carbons (Fsp3) is 0.429. The van der Waals surface area contributed by atoms with E-state index >= 15 is 0 Å². The molecule has 0 bridgehead atoms. The second-order valence-electron chi connectivity index (χ2n) is 5.61. The summed E-state index contributed by atoms with van der Waals surface area (Å²) in [7, 11) is 0. The van der Waals surface area contributed by atoms with Crippen LogP contribution >= 0.6 is 22.9 Å². The second kappa shape index (κ2) is 5.97. The van der Waals surface area contributed by atoms with E-state index in [2.05, 4.69) is 15.3 Å². The van der Waals surface area contributed by atoms with Crippen LogP contribution < -0.4 is 11.1 Å². The summed E-state index contributed by atoms with van der Waals surface area (Å²) in [6.07, 6.45) is 0.781. The summed E-state index contributed by atoms with van der Waals surface area (Å²) in [6.45, 7) is 6.77. The molecule has 20 heavy (non-hydrogen) atoms. The molecule has 0 fully saturated rings. The van der Waals surface area contributed by atoms with Crippen LogP contribution in [0.3, 0.4) is 0 Å². The summed E-state index contributed by atoms with van der Waals surface area (Å²) in [5, 5.41) is 4.90. The number of hydrogen-bond acceptors (Lipinski definition) is 3. The van der Waals surface area contributed by atoms with Crippen LogP contribution in [-0.4, -0.2) is 23.0 Å². The molecule has 3 N–H and O–H groups in total.